The number of nitrogens with two attached hydrogens (primary N) is 1. The molecule has 0 saturated heterocycles. The zero-order valence-electron chi connectivity index (χ0n) is 9.82. The lowest BCUT2D eigenvalue weighted by Gasteiger charge is -2.05. The summed E-state index contributed by atoms with van der Waals surface area (Å²) in [5, 5.41) is 0. The largest absolute Gasteiger partial charge is 0.368 e. The van der Waals surface area contributed by atoms with E-state index in [1.807, 2.05) is 6.92 Å². The van der Waals surface area contributed by atoms with E-state index in [1.54, 1.807) is 12.1 Å². The summed E-state index contributed by atoms with van der Waals surface area (Å²) in [6.45, 7) is 2.04. The molecule has 0 radical (unpaired) electrons. The van der Waals surface area contributed by atoms with E-state index in [1.165, 1.54) is 6.07 Å². The number of nitrogens with zero attached hydrogens (tertiary/aromatic N) is 3. The fourth-order valence-electron chi connectivity index (χ4n) is 1.54. The molecule has 1 aromatic heterocycles. The number of rotatable bonds is 3. The van der Waals surface area contributed by atoms with Crippen molar-refractivity contribution in [2.24, 2.45) is 0 Å². The lowest BCUT2D eigenvalue weighted by atomic mass is 10.2. The highest BCUT2D eigenvalue weighted by atomic mass is 79.9. The van der Waals surface area contributed by atoms with Gasteiger partial charge in [0.05, 0.1) is 4.47 Å². The fraction of sp³-hybridized carbons (Fsp3) is 0.250. The van der Waals surface area contributed by atoms with Gasteiger partial charge in [0.15, 0.2) is 5.82 Å². The minimum atomic E-state index is -0.324. The minimum Gasteiger partial charge on any atom is -0.368 e. The maximum Gasteiger partial charge on any atom is 0.223 e. The van der Waals surface area contributed by atoms with Crippen LogP contribution in [-0.2, 0) is 6.42 Å². The maximum atomic E-state index is 13.2. The van der Waals surface area contributed by atoms with Crippen molar-refractivity contribution < 1.29 is 4.39 Å². The fourth-order valence-corrected chi connectivity index (χ4v) is 1.92. The summed E-state index contributed by atoms with van der Waals surface area (Å²) in [7, 11) is 0. The Morgan fingerprint density at radius 1 is 1.28 bits per heavy atom. The molecule has 2 rings (SSSR count). The number of aryl methyl sites for hydroxylation is 1. The topological polar surface area (TPSA) is 64.7 Å². The molecule has 0 fully saturated rings. The van der Waals surface area contributed by atoms with Crippen molar-refractivity contribution in [1.82, 2.24) is 15.0 Å². The predicted octanol–water partition coefficient (Wildman–Crippen LogP) is 2.97. The molecule has 0 amide bonds. The van der Waals surface area contributed by atoms with E-state index in [2.05, 4.69) is 30.9 Å². The third kappa shape index (κ3) is 2.81. The molecule has 1 aromatic carbocycles. The monoisotopic (exact) mass is 310 g/mol. The second kappa shape index (κ2) is 5.39. The van der Waals surface area contributed by atoms with Gasteiger partial charge in [-0.1, -0.05) is 6.92 Å². The number of halogens is 2. The van der Waals surface area contributed by atoms with Crippen LogP contribution >= 0.6 is 15.9 Å². The van der Waals surface area contributed by atoms with Gasteiger partial charge in [0, 0.05) is 12.0 Å². The molecule has 0 spiro atoms. The van der Waals surface area contributed by atoms with Crippen LogP contribution in [0.5, 0.6) is 0 Å². The summed E-state index contributed by atoms with van der Waals surface area (Å²) in [6.07, 6.45) is 1.66. The highest BCUT2D eigenvalue weighted by Gasteiger charge is 2.08. The Morgan fingerprint density at radius 3 is 2.72 bits per heavy atom. The Kier molecular flexibility index (Phi) is 3.86. The summed E-state index contributed by atoms with van der Waals surface area (Å²) in [5.74, 6) is 0.977. The highest BCUT2D eigenvalue weighted by Crippen LogP contribution is 2.23. The van der Waals surface area contributed by atoms with Crippen molar-refractivity contribution in [2.75, 3.05) is 5.73 Å². The van der Waals surface area contributed by atoms with E-state index in [-0.39, 0.29) is 11.8 Å². The summed E-state index contributed by atoms with van der Waals surface area (Å²) < 4.78 is 13.5. The highest BCUT2D eigenvalue weighted by molar-refractivity contribution is 9.10. The van der Waals surface area contributed by atoms with E-state index in [4.69, 9.17) is 5.73 Å². The van der Waals surface area contributed by atoms with Gasteiger partial charge in [-0.15, -0.1) is 0 Å². The van der Waals surface area contributed by atoms with Crippen LogP contribution in [0.15, 0.2) is 22.7 Å². The molecular formula is C12H12BrFN4. The molecule has 1 heterocycles. The molecule has 0 saturated carbocycles. The zero-order valence-corrected chi connectivity index (χ0v) is 11.4. The lowest BCUT2D eigenvalue weighted by molar-refractivity contribution is 0.621. The Bertz CT molecular complexity index is 574. The SMILES string of the molecule is CCCc1nc(N)nc(-c2ccc(F)c(Br)c2)n1. The second-order valence-electron chi connectivity index (χ2n) is 3.81. The van der Waals surface area contributed by atoms with Crippen molar-refractivity contribution in [3.8, 4) is 11.4 Å². The van der Waals surface area contributed by atoms with Crippen molar-refractivity contribution in [2.45, 2.75) is 19.8 Å². The van der Waals surface area contributed by atoms with Gasteiger partial charge in [-0.05, 0) is 40.5 Å². The van der Waals surface area contributed by atoms with Gasteiger partial charge < -0.3 is 5.73 Å². The molecule has 2 aromatic rings. The first-order valence-electron chi connectivity index (χ1n) is 5.56. The normalized spacial score (nSPS) is 10.6. The van der Waals surface area contributed by atoms with Crippen LogP contribution in [0.4, 0.5) is 10.3 Å². The third-order valence-electron chi connectivity index (χ3n) is 2.35. The van der Waals surface area contributed by atoms with Crippen LogP contribution in [0, 0.1) is 5.82 Å². The van der Waals surface area contributed by atoms with Gasteiger partial charge in [-0.25, -0.2) is 9.37 Å². The maximum absolute atomic E-state index is 13.2. The number of nitrogen functional groups attached to an aromatic ring is 1. The molecule has 0 aliphatic heterocycles. The van der Waals surface area contributed by atoms with Crippen molar-refractivity contribution in [3.63, 3.8) is 0 Å². The smallest absolute Gasteiger partial charge is 0.223 e. The van der Waals surface area contributed by atoms with Crippen LogP contribution in [0.3, 0.4) is 0 Å². The molecule has 0 unspecified atom stereocenters. The molecule has 2 N–H and O–H groups in total. The third-order valence-corrected chi connectivity index (χ3v) is 2.96. The number of benzene rings is 1. The molecule has 0 atom stereocenters. The average Bonchev–Trinajstić information content (AvgIpc) is 2.32. The summed E-state index contributed by atoms with van der Waals surface area (Å²) >= 11 is 3.13. The van der Waals surface area contributed by atoms with Crippen LogP contribution < -0.4 is 5.73 Å². The number of hydrogen-bond donors (Lipinski definition) is 1. The average molecular weight is 311 g/mol. The van der Waals surface area contributed by atoms with Gasteiger partial charge in [0.1, 0.15) is 11.6 Å². The molecule has 4 nitrogen and oxygen atoms in total. The Hall–Kier alpha value is -1.56. The van der Waals surface area contributed by atoms with E-state index in [0.29, 0.717) is 21.7 Å². The van der Waals surface area contributed by atoms with E-state index >= 15 is 0 Å². The number of aromatic nitrogens is 3. The molecule has 18 heavy (non-hydrogen) atoms. The Labute approximate surface area is 113 Å². The summed E-state index contributed by atoms with van der Waals surface area (Å²) in [6, 6.07) is 4.60. The Morgan fingerprint density at radius 2 is 2.06 bits per heavy atom. The van der Waals surface area contributed by atoms with Crippen LogP contribution in [-0.4, -0.2) is 15.0 Å². The summed E-state index contributed by atoms with van der Waals surface area (Å²) in [5.41, 5.74) is 6.35. The van der Waals surface area contributed by atoms with E-state index in [9.17, 15) is 4.39 Å². The van der Waals surface area contributed by atoms with Gasteiger partial charge >= 0.3 is 0 Å². The zero-order chi connectivity index (χ0) is 13.1. The van der Waals surface area contributed by atoms with E-state index < -0.39 is 0 Å². The van der Waals surface area contributed by atoms with Gasteiger partial charge in [0.2, 0.25) is 5.95 Å². The van der Waals surface area contributed by atoms with Crippen molar-refractivity contribution in [3.05, 3.63) is 34.3 Å². The van der Waals surface area contributed by atoms with Crippen LogP contribution in [0.25, 0.3) is 11.4 Å². The molecule has 6 heteroatoms. The number of anilines is 1. The minimum absolute atomic E-state index is 0.184. The standard InChI is InChI=1S/C12H12BrFN4/c1-2-3-10-16-11(18-12(15)17-10)7-4-5-9(14)8(13)6-7/h4-6H,2-3H2,1H3,(H2,15,16,17,18). The quantitative estimate of drug-likeness (QED) is 0.946. The first-order chi connectivity index (χ1) is 8.60. The van der Waals surface area contributed by atoms with Crippen LogP contribution in [0.1, 0.15) is 19.2 Å². The van der Waals surface area contributed by atoms with Gasteiger partial charge in [-0.3, -0.25) is 0 Å². The number of hydrogen-bond acceptors (Lipinski definition) is 4. The van der Waals surface area contributed by atoms with Crippen molar-refractivity contribution >= 4 is 21.9 Å². The summed E-state index contributed by atoms with van der Waals surface area (Å²) in [4.78, 5) is 12.4. The molecule has 0 bridgehead atoms. The van der Waals surface area contributed by atoms with Crippen molar-refractivity contribution in [1.29, 1.82) is 0 Å². The van der Waals surface area contributed by atoms with Gasteiger partial charge in [0.25, 0.3) is 0 Å². The Balaban J connectivity index is 2.46. The van der Waals surface area contributed by atoms with Crippen LogP contribution in [0.2, 0.25) is 0 Å². The molecule has 94 valence electrons. The molecule has 0 aliphatic rings. The first-order valence-corrected chi connectivity index (χ1v) is 6.35. The molecular weight excluding hydrogens is 299 g/mol. The van der Waals surface area contributed by atoms with E-state index in [0.717, 1.165) is 12.8 Å². The first kappa shape index (κ1) is 12.9. The lowest BCUT2D eigenvalue weighted by Crippen LogP contribution is -2.04. The molecule has 0 aliphatic carbocycles. The van der Waals surface area contributed by atoms with Gasteiger partial charge in [-0.2, -0.15) is 9.97 Å². The second-order valence-corrected chi connectivity index (χ2v) is 4.67. The predicted molar refractivity (Wildman–Crippen MR) is 71.3 cm³/mol.